The van der Waals surface area contributed by atoms with E-state index in [1.165, 1.54) is 6.42 Å². The van der Waals surface area contributed by atoms with Crippen molar-refractivity contribution in [1.29, 1.82) is 0 Å². The van der Waals surface area contributed by atoms with E-state index in [0.717, 1.165) is 12.8 Å². The van der Waals surface area contributed by atoms with Crippen LogP contribution in [-0.4, -0.2) is 41.9 Å². The van der Waals surface area contributed by atoms with Gasteiger partial charge in [-0.15, -0.1) is 0 Å². The summed E-state index contributed by atoms with van der Waals surface area (Å²) in [5.74, 6) is -0.593. The zero-order valence-electron chi connectivity index (χ0n) is 12.7. The largest absolute Gasteiger partial charge is 0.455 e. The Kier molecular flexibility index (Phi) is 4.85. The predicted molar refractivity (Wildman–Crippen MR) is 75.9 cm³/mol. The predicted octanol–water partition coefficient (Wildman–Crippen LogP) is 0.688. The van der Waals surface area contributed by atoms with Crippen LogP contribution in [0.25, 0.3) is 0 Å². The summed E-state index contributed by atoms with van der Waals surface area (Å²) < 4.78 is 4.83. The monoisotopic (exact) mass is 296 g/mol. The highest BCUT2D eigenvalue weighted by Crippen LogP contribution is 2.35. The highest BCUT2D eigenvalue weighted by molar-refractivity contribution is 5.88. The van der Waals surface area contributed by atoms with Crippen LogP contribution in [0.4, 0.5) is 0 Å². The Morgan fingerprint density at radius 2 is 2.05 bits per heavy atom. The molecule has 6 nitrogen and oxygen atoms in total. The van der Waals surface area contributed by atoms with Crippen LogP contribution in [-0.2, 0) is 19.1 Å². The van der Waals surface area contributed by atoms with Crippen LogP contribution in [0.2, 0.25) is 0 Å². The van der Waals surface area contributed by atoms with Crippen molar-refractivity contribution in [2.24, 2.45) is 23.5 Å². The first-order chi connectivity index (χ1) is 9.90. The molecule has 0 unspecified atom stereocenters. The summed E-state index contributed by atoms with van der Waals surface area (Å²) in [6.07, 6.45) is 3.50. The average Bonchev–Trinajstić information content (AvgIpc) is 2.81. The number of esters is 1. The zero-order chi connectivity index (χ0) is 15.6. The maximum atomic E-state index is 12.2. The lowest BCUT2D eigenvalue weighted by Crippen LogP contribution is -2.45. The smallest absolute Gasteiger partial charge is 0.311 e. The number of nitrogens with zero attached hydrogens (tertiary/aromatic N) is 1. The van der Waals surface area contributed by atoms with Gasteiger partial charge in [0.15, 0.2) is 6.61 Å². The minimum Gasteiger partial charge on any atom is -0.455 e. The van der Waals surface area contributed by atoms with Crippen molar-refractivity contribution >= 4 is 17.8 Å². The molecule has 6 heteroatoms. The van der Waals surface area contributed by atoms with Gasteiger partial charge in [-0.25, -0.2) is 0 Å². The number of hydrogen-bond acceptors (Lipinski definition) is 4. The van der Waals surface area contributed by atoms with Gasteiger partial charge in [-0.2, -0.15) is 0 Å². The second kappa shape index (κ2) is 6.45. The maximum absolute atomic E-state index is 12.2. The summed E-state index contributed by atoms with van der Waals surface area (Å²) in [6.45, 7) is 4.38. The number of primary amides is 1. The van der Waals surface area contributed by atoms with Gasteiger partial charge in [-0.3, -0.25) is 14.4 Å². The van der Waals surface area contributed by atoms with Gasteiger partial charge in [0.25, 0.3) is 5.91 Å². The lowest BCUT2D eigenvalue weighted by Gasteiger charge is -2.39. The minimum atomic E-state index is -0.681. The van der Waals surface area contributed by atoms with E-state index in [0.29, 0.717) is 18.4 Å². The Bertz CT molecular complexity index is 437. The van der Waals surface area contributed by atoms with E-state index in [2.05, 4.69) is 13.8 Å². The minimum absolute atomic E-state index is 0.0157. The Labute approximate surface area is 125 Å². The Morgan fingerprint density at radius 3 is 2.71 bits per heavy atom. The van der Waals surface area contributed by atoms with Crippen molar-refractivity contribution < 1.29 is 19.1 Å². The third-order valence-electron chi connectivity index (χ3n) is 4.91. The summed E-state index contributed by atoms with van der Waals surface area (Å²) in [6, 6.07) is 0.218. The van der Waals surface area contributed by atoms with E-state index in [4.69, 9.17) is 10.5 Å². The molecule has 1 saturated heterocycles. The molecule has 1 heterocycles. The van der Waals surface area contributed by atoms with Crippen LogP contribution in [0, 0.1) is 17.8 Å². The van der Waals surface area contributed by atoms with Crippen molar-refractivity contribution in [1.82, 2.24) is 4.90 Å². The van der Waals surface area contributed by atoms with Gasteiger partial charge >= 0.3 is 5.97 Å². The number of nitrogens with two attached hydrogens (primary N) is 1. The van der Waals surface area contributed by atoms with Gasteiger partial charge in [-0.1, -0.05) is 26.7 Å². The molecule has 0 aromatic carbocycles. The highest BCUT2D eigenvalue weighted by atomic mass is 16.5. The van der Waals surface area contributed by atoms with E-state index in [-0.39, 0.29) is 18.4 Å². The average molecular weight is 296 g/mol. The quantitative estimate of drug-likeness (QED) is 0.773. The third kappa shape index (κ3) is 3.54. The second-order valence-electron chi connectivity index (χ2n) is 6.36. The molecule has 4 atom stereocenters. The van der Waals surface area contributed by atoms with E-state index >= 15 is 0 Å². The summed E-state index contributed by atoms with van der Waals surface area (Å²) in [7, 11) is 0. The second-order valence-corrected chi connectivity index (χ2v) is 6.36. The fourth-order valence-corrected chi connectivity index (χ4v) is 3.46. The zero-order valence-corrected chi connectivity index (χ0v) is 12.7. The third-order valence-corrected chi connectivity index (χ3v) is 4.91. The Hall–Kier alpha value is -1.59. The van der Waals surface area contributed by atoms with Gasteiger partial charge in [0.1, 0.15) is 0 Å². The fraction of sp³-hybridized carbons (Fsp3) is 0.800. The molecule has 1 aliphatic carbocycles. The lowest BCUT2D eigenvalue weighted by atomic mass is 9.77. The van der Waals surface area contributed by atoms with Crippen LogP contribution in [0.3, 0.4) is 0 Å². The topological polar surface area (TPSA) is 89.7 Å². The molecular formula is C15H24N2O4. The molecule has 21 heavy (non-hydrogen) atoms. The SMILES string of the molecule is C[C@@H]1[C@@H](C)CCC[C@@H]1N1C[C@H](C(=O)OCC(N)=O)CC1=O. The molecule has 0 spiro atoms. The molecule has 0 radical (unpaired) electrons. The van der Waals surface area contributed by atoms with Crippen LogP contribution < -0.4 is 5.73 Å². The van der Waals surface area contributed by atoms with Gasteiger partial charge in [-0.05, 0) is 18.3 Å². The van der Waals surface area contributed by atoms with Crippen molar-refractivity contribution in [3.05, 3.63) is 0 Å². The number of amides is 2. The molecular weight excluding hydrogens is 272 g/mol. The molecule has 1 saturated carbocycles. The van der Waals surface area contributed by atoms with Gasteiger partial charge in [0.05, 0.1) is 5.92 Å². The molecule has 2 fully saturated rings. The molecule has 1 aliphatic heterocycles. The van der Waals surface area contributed by atoms with Crippen molar-refractivity contribution in [2.45, 2.75) is 45.6 Å². The molecule has 118 valence electrons. The molecule has 0 aromatic heterocycles. The number of likely N-dealkylation sites (tertiary alicyclic amines) is 1. The summed E-state index contributed by atoms with van der Waals surface area (Å²) >= 11 is 0. The van der Waals surface area contributed by atoms with Crippen LogP contribution in [0.1, 0.15) is 39.5 Å². The van der Waals surface area contributed by atoms with Crippen LogP contribution in [0.15, 0.2) is 0 Å². The summed E-state index contributed by atoms with van der Waals surface area (Å²) in [4.78, 5) is 36.6. The molecule has 2 aliphatic rings. The van der Waals surface area contributed by atoms with Crippen LogP contribution >= 0.6 is 0 Å². The normalized spacial score (nSPS) is 33.0. The van der Waals surface area contributed by atoms with Crippen molar-refractivity contribution in [2.75, 3.05) is 13.2 Å². The number of hydrogen-bond donors (Lipinski definition) is 1. The van der Waals surface area contributed by atoms with Crippen molar-refractivity contribution in [3.63, 3.8) is 0 Å². The Morgan fingerprint density at radius 1 is 1.33 bits per heavy atom. The summed E-state index contributed by atoms with van der Waals surface area (Å²) in [5, 5.41) is 0. The Balaban J connectivity index is 1.96. The first kappa shape index (κ1) is 15.8. The van der Waals surface area contributed by atoms with E-state index in [9.17, 15) is 14.4 Å². The number of ether oxygens (including phenoxy) is 1. The summed E-state index contributed by atoms with van der Waals surface area (Å²) in [5.41, 5.74) is 4.95. The molecule has 0 aromatic rings. The maximum Gasteiger partial charge on any atom is 0.311 e. The van der Waals surface area contributed by atoms with Crippen molar-refractivity contribution in [3.8, 4) is 0 Å². The van der Waals surface area contributed by atoms with Gasteiger partial charge in [0.2, 0.25) is 5.91 Å². The lowest BCUT2D eigenvalue weighted by molar-refractivity contribution is -0.151. The fourth-order valence-electron chi connectivity index (χ4n) is 3.46. The van der Waals surface area contributed by atoms with Crippen LogP contribution in [0.5, 0.6) is 0 Å². The molecule has 0 bridgehead atoms. The first-order valence-corrected chi connectivity index (χ1v) is 7.64. The standard InChI is InChI=1S/C15H24N2O4/c1-9-4-3-5-12(10(9)2)17-7-11(6-14(17)19)15(20)21-8-13(16)18/h9-12H,3-8H2,1-2H3,(H2,16,18)/t9-,10+,11+,12-/m0/s1. The van der Waals surface area contributed by atoms with Gasteiger partial charge < -0.3 is 15.4 Å². The first-order valence-electron chi connectivity index (χ1n) is 7.64. The van der Waals surface area contributed by atoms with E-state index in [1.807, 2.05) is 4.90 Å². The number of carbonyl (C=O) groups is 3. The van der Waals surface area contributed by atoms with E-state index < -0.39 is 24.4 Å². The molecule has 2 amide bonds. The molecule has 2 N–H and O–H groups in total. The van der Waals surface area contributed by atoms with E-state index in [1.54, 1.807) is 0 Å². The van der Waals surface area contributed by atoms with Gasteiger partial charge in [0, 0.05) is 19.0 Å². The highest BCUT2D eigenvalue weighted by Gasteiger charge is 2.42. The molecule has 2 rings (SSSR count). The number of rotatable bonds is 4. The number of carbonyl (C=O) groups excluding carboxylic acids is 3.